The lowest BCUT2D eigenvalue weighted by molar-refractivity contribution is 0.199. The Kier molecular flexibility index (Phi) is 5.82. The zero-order chi connectivity index (χ0) is 13.5. The fraction of sp³-hybridized carbons (Fsp3) is 0.571. The Morgan fingerprint density at radius 2 is 2.05 bits per heavy atom. The van der Waals surface area contributed by atoms with E-state index in [1.165, 1.54) is 11.3 Å². The minimum atomic E-state index is -0.623. The van der Waals surface area contributed by atoms with E-state index in [0.29, 0.717) is 0 Å². The Bertz CT molecular complexity index is 416. The normalized spacial score (nSPS) is 16.8. The molecule has 0 radical (unpaired) electrons. The number of rotatable bonds is 6. The molecular formula is C14H22N2O2S. The Morgan fingerprint density at radius 1 is 1.32 bits per heavy atom. The van der Waals surface area contributed by atoms with E-state index in [0.717, 1.165) is 44.3 Å². The third-order valence-corrected chi connectivity index (χ3v) is 4.58. The lowest BCUT2D eigenvalue weighted by atomic mass is 10.1. The van der Waals surface area contributed by atoms with Gasteiger partial charge >= 0.3 is 0 Å². The van der Waals surface area contributed by atoms with Gasteiger partial charge in [-0.2, -0.15) is 0 Å². The standard InChI is InChI=1S/C14H22N2O2S/c1-18-9-6-15-12-13-4-2-3-5-14(13)16-7-10-19(17)11-8-16/h2-5,15H,6-12H2,1H3. The van der Waals surface area contributed by atoms with Gasteiger partial charge in [0.15, 0.2) is 0 Å². The summed E-state index contributed by atoms with van der Waals surface area (Å²) in [7, 11) is 1.09. The van der Waals surface area contributed by atoms with Gasteiger partial charge in [0, 0.05) is 61.3 Å². The van der Waals surface area contributed by atoms with Gasteiger partial charge in [-0.1, -0.05) is 18.2 Å². The Morgan fingerprint density at radius 3 is 2.79 bits per heavy atom. The van der Waals surface area contributed by atoms with Gasteiger partial charge < -0.3 is 15.0 Å². The molecule has 4 nitrogen and oxygen atoms in total. The van der Waals surface area contributed by atoms with E-state index in [-0.39, 0.29) is 0 Å². The highest BCUT2D eigenvalue weighted by atomic mass is 32.2. The summed E-state index contributed by atoms with van der Waals surface area (Å²) in [6, 6.07) is 8.45. The zero-order valence-electron chi connectivity index (χ0n) is 11.4. The molecule has 0 atom stereocenters. The number of para-hydroxylation sites is 1. The van der Waals surface area contributed by atoms with Gasteiger partial charge in [-0.15, -0.1) is 0 Å². The van der Waals surface area contributed by atoms with Crippen LogP contribution < -0.4 is 10.2 Å². The van der Waals surface area contributed by atoms with Crippen LogP contribution in [0, 0.1) is 0 Å². The molecule has 5 heteroatoms. The van der Waals surface area contributed by atoms with Crippen LogP contribution in [0.1, 0.15) is 5.56 Å². The van der Waals surface area contributed by atoms with E-state index in [1.807, 2.05) is 0 Å². The number of hydrogen-bond acceptors (Lipinski definition) is 4. The van der Waals surface area contributed by atoms with Crippen molar-refractivity contribution in [1.82, 2.24) is 5.32 Å². The lowest BCUT2D eigenvalue weighted by Gasteiger charge is -2.30. The lowest BCUT2D eigenvalue weighted by Crippen LogP contribution is -2.38. The Labute approximate surface area is 117 Å². The van der Waals surface area contributed by atoms with Crippen molar-refractivity contribution < 1.29 is 8.95 Å². The first-order valence-electron chi connectivity index (χ1n) is 6.69. The summed E-state index contributed by atoms with van der Waals surface area (Å²) in [5, 5.41) is 3.38. The van der Waals surface area contributed by atoms with Crippen molar-refractivity contribution in [3.63, 3.8) is 0 Å². The molecule has 1 saturated heterocycles. The highest BCUT2D eigenvalue weighted by Gasteiger charge is 2.17. The third kappa shape index (κ3) is 4.30. The van der Waals surface area contributed by atoms with Crippen molar-refractivity contribution >= 4 is 16.5 Å². The van der Waals surface area contributed by atoms with Gasteiger partial charge in [-0.25, -0.2) is 0 Å². The fourth-order valence-corrected chi connectivity index (χ4v) is 3.30. The molecule has 1 aromatic carbocycles. The monoisotopic (exact) mass is 282 g/mol. The Balaban J connectivity index is 1.97. The van der Waals surface area contributed by atoms with Crippen molar-refractivity contribution in [3.8, 4) is 0 Å². The molecule has 1 fully saturated rings. The van der Waals surface area contributed by atoms with Crippen molar-refractivity contribution in [3.05, 3.63) is 29.8 Å². The van der Waals surface area contributed by atoms with Crippen molar-refractivity contribution in [2.75, 3.05) is 49.8 Å². The SMILES string of the molecule is COCCNCc1ccccc1N1CCS(=O)CC1. The van der Waals surface area contributed by atoms with E-state index < -0.39 is 10.8 Å². The maximum Gasteiger partial charge on any atom is 0.0587 e. The number of hydrogen-bond donors (Lipinski definition) is 1. The average molecular weight is 282 g/mol. The minimum Gasteiger partial charge on any atom is -0.383 e. The zero-order valence-corrected chi connectivity index (χ0v) is 12.2. The summed E-state index contributed by atoms with van der Waals surface area (Å²) in [4.78, 5) is 2.34. The number of ether oxygens (including phenoxy) is 1. The molecule has 1 N–H and O–H groups in total. The van der Waals surface area contributed by atoms with E-state index in [9.17, 15) is 4.21 Å². The van der Waals surface area contributed by atoms with Crippen LogP contribution >= 0.6 is 0 Å². The molecule has 0 aromatic heterocycles. The van der Waals surface area contributed by atoms with Crippen LogP contribution in [0.4, 0.5) is 5.69 Å². The summed E-state index contributed by atoms with van der Waals surface area (Å²) < 4.78 is 16.5. The molecule has 1 aliphatic rings. The van der Waals surface area contributed by atoms with Crippen LogP contribution in [0.3, 0.4) is 0 Å². The number of nitrogens with zero attached hydrogens (tertiary/aromatic N) is 1. The van der Waals surface area contributed by atoms with E-state index in [4.69, 9.17) is 4.74 Å². The molecule has 106 valence electrons. The summed E-state index contributed by atoms with van der Waals surface area (Å²) in [6.07, 6.45) is 0. The van der Waals surface area contributed by atoms with Crippen molar-refractivity contribution in [1.29, 1.82) is 0 Å². The second-order valence-corrected chi connectivity index (χ2v) is 6.33. The van der Waals surface area contributed by atoms with Gasteiger partial charge in [-0.05, 0) is 11.6 Å². The predicted octanol–water partition coefficient (Wildman–Crippen LogP) is 0.991. The van der Waals surface area contributed by atoms with Gasteiger partial charge in [0.2, 0.25) is 0 Å². The second kappa shape index (κ2) is 7.62. The molecule has 0 amide bonds. The number of anilines is 1. The quantitative estimate of drug-likeness (QED) is 0.790. The van der Waals surface area contributed by atoms with E-state index in [1.54, 1.807) is 7.11 Å². The van der Waals surface area contributed by atoms with Crippen LogP contribution in [-0.2, 0) is 22.1 Å². The summed E-state index contributed by atoms with van der Waals surface area (Å²) in [5.74, 6) is 1.57. The van der Waals surface area contributed by atoms with Crippen LogP contribution in [0.5, 0.6) is 0 Å². The van der Waals surface area contributed by atoms with E-state index in [2.05, 4.69) is 34.5 Å². The summed E-state index contributed by atoms with van der Waals surface area (Å²) in [6.45, 7) is 4.21. The maximum atomic E-state index is 11.4. The molecule has 1 aromatic rings. The number of benzene rings is 1. The first kappa shape index (κ1) is 14.5. The Hall–Kier alpha value is -0.910. The molecule has 0 aliphatic carbocycles. The molecule has 1 heterocycles. The molecule has 0 unspecified atom stereocenters. The van der Waals surface area contributed by atoms with Crippen LogP contribution in [0.2, 0.25) is 0 Å². The van der Waals surface area contributed by atoms with Crippen LogP contribution in [0.15, 0.2) is 24.3 Å². The smallest absolute Gasteiger partial charge is 0.0587 e. The van der Waals surface area contributed by atoms with E-state index >= 15 is 0 Å². The first-order chi connectivity index (χ1) is 9.31. The molecule has 0 bridgehead atoms. The molecule has 0 spiro atoms. The van der Waals surface area contributed by atoms with Gasteiger partial charge in [0.05, 0.1) is 6.61 Å². The summed E-state index contributed by atoms with van der Waals surface area (Å²) in [5.41, 5.74) is 2.57. The average Bonchev–Trinajstić information content (AvgIpc) is 2.45. The van der Waals surface area contributed by atoms with Gasteiger partial charge in [0.1, 0.15) is 0 Å². The second-order valence-electron chi connectivity index (χ2n) is 4.63. The van der Waals surface area contributed by atoms with Crippen molar-refractivity contribution in [2.45, 2.75) is 6.54 Å². The van der Waals surface area contributed by atoms with Gasteiger partial charge in [-0.3, -0.25) is 4.21 Å². The first-order valence-corrected chi connectivity index (χ1v) is 8.17. The largest absolute Gasteiger partial charge is 0.383 e. The van der Waals surface area contributed by atoms with Crippen LogP contribution in [-0.4, -0.2) is 49.1 Å². The van der Waals surface area contributed by atoms with Crippen molar-refractivity contribution in [2.24, 2.45) is 0 Å². The topological polar surface area (TPSA) is 41.6 Å². The minimum absolute atomic E-state index is 0.623. The molecule has 1 aliphatic heterocycles. The highest BCUT2D eigenvalue weighted by molar-refractivity contribution is 7.85. The maximum absolute atomic E-state index is 11.4. The van der Waals surface area contributed by atoms with Crippen LogP contribution in [0.25, 0.3) is 0 Å². The third-order valence-electron chi connectivity index (χ3n) is 3.31. The predicted molar refractivity (Wildman–Crippen MR) is 80.1 cm³/mol. The number of nitrogens with one attached hydrogen (secondary N) is 1. The molecule has 2 rings (SSSR count). The molecular weight excluding hydrogens is 260 g/mol. The fourth-order valence-electron chi connectivity index (χ4n) is 2.24. The highest BCUT2D eigenvalue weighted by Crippen LogP contribution is 2.21. The van der Waals surface area contributed by atoms with Gasteiger partial charge in [0.25, 0.3) is 0 Å². The number of methoxy groups -OCH3 is 1. The molecule has 19 heavy (non-hydrogen) atoms. The molecule has 0 saturated carbocycles. The summed E-state index contributed by atoms with van der Waals surface area (Å²) >= 11 is 0.